The number of halogens is 1. The summed E-state index contributed by atoms with van der Waals surface area (Å²) >= 11 is 6.08. The first-order chi connectivity index (χ1) is 11.3. The third kappa shape index (κ3) is 6.50. The first kappa shape index (κ1) is 18.2. The number of unbranched alkanes of at least 4 members (excludes halogenated alkanes) is 5. The van der Waals surface area contributed by atoms with Crippen LogP contribution in [0.2, 0.25) is 5.02 Å². The molecule has 128 valence electrons. The van der Waals surface area contributed by atoms with E-state index in [0.717, 1.165) is 45.2 Å². The Kier molecular flexibility index (Phi) is 8.43. The molecule has 1 aromatic rings. The highest BCUT2D eigenvalue weighted by atomic mass is 35.5. The zero-order valence-corrected chi connectivity index (χ0v) is 14.2. The van der Waals surface area contributed by atoms with E-state index in [2.05, 4.69) is 0 Å². The molecule has 0 amide bonds. The van der Waals surface area contributed by atoms with Crippen LogP contribution in [-0.2, 0) is 9.47 Å². The Morgan fingerprint density at radius 1 is 1.09 bits per heavy atom. The van der Waals surface area contributed by atoms with Gasteiger partial charge in [0.25, 0.3) is 0 Å². The Morgan fingerprint density at radius 3 is 2.52 bits per heavy atom. The molecule has 0 unspecified atom stereocenters. The number of hydrogen-bond donors (Lipinski definition) is 0. The largest absolute Gasteiger partial charge is 0.492 e. The van der Waals surface area contributed by atoms with E-state index >= 15 is 0 Å². The quantitative estimate of drug-likeness (QED) is 0.435. The van der Waals surface area contributed by atoms with Gasteiger partial charge in [-0.3, -0.25) is 4.79 Å². The molecule has 0 aliphatic carbocycles. The maximum atomic E-state index is 10.8. The topological polar surface area (TPSA) is 44.8 Å². The average molecular weight is 341 g/mol. The van der Waals surface area contributed by atoms with Crippen LogP contribution in [0, 0.1) is 0 Å². The Morgan fingerprint density at radius 2 is 1.78 bits per heavy atom. The first-order valence-corrected chi connectivity index (χ1v) is 8.79. The van der Waals surface area contributed by atoms with Crippen molar-refractivity contribution >= 4 is 17.9 Å². The number of aldehydes is 1. The molecule has 0 aromatic heterocycles. The van der Waals surface area contributed by atoms with Crippen molar-refractivity contribution < 1.29 is 19.0 Å². The standard InChI is InChI=1S/C18H25ClO4/c19-18-15(14-20)8-7-9-16(18)21-11-6-4-2-1-3-5-10-17-22-12-13-23-17/h7-9,14,17H,1-6,10-13H2. The fourth-order valence-electron chi connectivity index (χ4n) is 2.61. The molecular formula is C18H25ClO4. The second-order valence-electron chi connectivity index (χ2n) is 5.71. The van der Waals surface area contributed by atoms with Crippen molar-refractivity contribution in [3.63, 3.8) is 0 Å². The van der Waals surface area contributed by atoms with Gasteiger partial charge in [-0.1, -0.05) is 43.4 Å². The average Bonchev–Trinajstić information content (AvgIpc) is 3.08. The maximum absolute atomic E-state index is 10.8. The Bertz CT molecular complexity index is 472. The van der Waals surface area contributed by atoms with Crippen molar-refractivity contribution in [3.05, 3.63) is 28.8 Å². The van der Waals surface area contributed by atoms with Gasteiger partial charge in [0, 0.05) is 5.56 Å². The minimum atomic E-state index is 0.0373. The van der Waals surface area contributed by atoms with Crippen molar-refractivity contribution in [1.82, 2.24) is 0 Å². The molecule has 0 spiro atoms. The number of hydrogen-bond acceptors (Lipinski definition) is 4. The van der Waals surface area contributed by atoms with Gasteiger partial charge in [0.15, 0.2) is 12.6 Å². The predicted molar refractivity (Wildman–Crippen MR) is 90.3 cm³/mol. The second kappa shape index (κ2) is 10.6. The molecule has 1 aliphatic rings. The monoisotopic (exact) mass is 340 g/mol. The number of carbonyl (C=O) groups excluding carboxylic acids is 1. The lowest BCUT2D eigenvalue weighted by atomic mass is 10.1. The van der Waals surface area contributed by atoms with Crippen LogP contribution < -0.4 is 4.74 Å². The summed E-state index contributed by atoms with van der Waals surface area (Å²) < 4.78 is 16.5. The third-order valence-electron chi connectivity index (χ3n) is 3.90. The van der Waals surface area contributed by atoms with Gasteiger partial charge in [-0.05, 0) is 31.4 Å². The van der Waals surface area contributed by atoms with Crippen LogP contribution in [0.15, 0.2) is 18.2 Å². The lowest BCUT2D eigenvalue weighted by molar-refractivity contribution is -0.0480. The molecule has 0 bridgehead atoms. The summed E-state index contributed by atoms with van der Waals surface area (Å²) in [6.45, 7) is 2.11. The molecule has 0 atom stereocenters. The second-order valence-corrected chi connectivity index (χ2v) is 6.08. The van der Waals surface area contributed by atoms with Crippen LogP contribution in [0.3, 0.4) is 0 Å². The van der Waals surface area contributed by atoms with E-state index in [9.17, 15) is 4.79 Å². The van der Waals surface area contributed by atoms with E-state index in [4.69, 9.17) is 25.8 Å². The smallest absolute Gasteiger partial charge is 0.157 e. The SMILES string of the molecule is O=Cc1cccc(OCCCCCCCCC2OCCO2)c1Cl. The van der Waals surface area contributed by atoms with Gasteiger partial charge in [-0.15, -0.1) is 0 Å². The molecule has 1 saturated heterocycles. The molecule has 0 N–H and O–H groups in total. The lowest BCUT2D eigenvalue weighted by Gasteiger charge is -2.09. The molecule has 23 heavy (non-hydrogen) atoms. The normalized spacial score (nSPS) is 15.0. The third-order valence-corrected chi connectivity index (χ3v) is 4.31. The van der Waals surface area contributed by atoms with E-state index in [1.807, 2.05) is 0 Å². The summed E-state index contributed by atoms with van der Waals surface area (Å²) in [7, 11) is 0. The van der Waals surface area contributed by atoms with Crippen molar-refractivity contribution in [2.45, 2.75) is 51.2 Å². The fraction of sp³-hybridized carbons (Fsp3) is 0.611. The highest BCUT2D eigenvalue weighted by Gasteiger charge is 2.14. The van der Waals surface area contributed by atoms with Crippen LogP contribution in [-0.4, -0.2) is 32.4 Å². The predicted octanol–water partition coefficient (Wildman–Crippen LogP) is 4.63. The van der Waals surface area contributed by atoms with Gasteiger partial charge >= 0.3 is 0 Å². The minimum absolute atomic E-state index is 0.0373. The summed E-state index contributed by atoms with van der Waals surface area (Å²) in [6.07, 6.45) is 8.75. The van der Waals surface area contributed by atoms with E-state index < -0.39 is 0 Å². The van der Waals surface area contributed by atoms with Crippen molar-refractivity contribution in [2.75, 3.05) is 19.8 Å². The molecule has 1 aliphatic heterocycles. The van der Waals surface area contributed by atoms with E-state index in [-0.39, 0.29) is 6.29 Å². The molecule has 1 aromatic carbocycles. The van der Waals surface area contributed by atoms with Crippen LogP contribution in [0.4, 0.5) is 0 Å². The Hall–Kier alpha value is -1.10. The summed E-state index contributed by atoms with van der Waals surface area (Å²) in [6, 6.07) is 5.26. The molecule has 0 saturated carbocycles. The van der Waals surface area contributed by atoms with Crippen LogP contribution in [0.5, 0.6) is 5.75 Å². The molecular weight excluding hydrogens is 316 g/mol. The van der Waals surface area contributed by atoms with Gasteiger partial charge in [0.05, 0.1) is 24.8 Å². The van der Waals surface area contributed by atoms with Crippen molar-refractivity contribution in [2.24, 2.45) is 0 Å². The van der Waals surface area contributed by atoms with Gasteiger partial charge in [-0.25, -0.2) is 0 Å². The number of ether oxygens (including phenoxy) is 3. The van der Waals surface area contributed by atoms with E-state index in [1.54, 1.807) is 18.2 Å². The Balaban J connectivity index is 1.47. The van der Waals surface area contributed by atoms with Gasteiger partial charge < -0.3 is 14.2 Å². The van der Waals surface area contributed by atoms with Crippen LogP contribution in [0.25, 0.3) is 0 Å². The summed E-state index contributed by atoms with van der Waals surface area (Å²) in [5.41, 5.74) is 0.472. The molecule has 2 rings (SSSR count). The first-order valence-electron chi connectivity index (χ1n) is 8.41. The fourth-order valence-corrected chi connectivity index (χ4v) is 2.83. The van der Waals surface area contributed by atoms with Gasteiger partial charge in [0.1, 0.15) is 5.75 Å². The molecule has 5 heteroatoms. The van der Waals surface area contributed by atoms with Crippen LogP contribution in [0.1, 0.15) is 55.3 Å². The molecule has 0 radical (unpaired) electrons. The highest BCUT2D eigenvalue weighted by Crippen LogP contribution is 2.27. The maximum Gasteiger partial charge on any atom is 0.157 e. The Labute approximate surface area is 143 Å². The molecule has 1 heterocycles. The lowest BCUT2D eigenvalue weighted by Crippen LogP contribution is -2.06. The highest BCUT2D eigenvalue weighted by molar-refractivity contribution is 6.34. The van der Waals surface area contributed by atoms with Crippen molar-refractivity contribution in [1.29, 1.82) is 0 Å². The van der Waals surface area contributed by atoms with Gasteiger partial charge in [0.2, 0.25) is 0 Å². The number of carbonyl (C=O) groups is 1. The molecule has 4 nitrogen and oxygen atoms in total. The summed E-state index contributed by atoms with van der Waals surface area (Å²) in [5.74, 6) is 0.591. The minimum Gasteiger partial charge on any atom is -0.492 e. The van der Waals surface area contributed by atoms with E-state index in [0.29, 0.717) is 22.9 Å². The zero-order valence-electron chi connectivity index (χ0n) is 13.5. The van der Waals surface area contributed by atoms with E-state index in [1.165, 1.54) is 19.3 Å². The zero-order chi connectivity index (χ0) is 16.3. The van der Waals surface area contributed by atoms with Crippen LogP contribution >= 0.6 is 11.6 Å². The summed E-state index contributed by atoms with van der Waals surface area (Å²) in [5, 5.41) is 0.402. The number of benzene rings is 1. The number of rotatable bonds is 11. The van der Waals surface area contributed by atoms with Gasteiger partial charge in [-0.2, -0.15) is 0 Å². The summed E-state index contributed by atoms with van der Waals surface area (Å²) in [4.78, 5) is 10.8. The molecule has 1 fully saturated rings. The van der Waals surface area contributed by atoms with Crippen molar-refractivity contribution in [3.8, 4) is 5.75 Å².